The number of nitrogens with zero attached hydrogens (tertiary/aromatic N) is 1. The van der Waals surface area contributed by atoms with Gasteiger partial charge in [-0.3, -0.25) is 4.98 Å². The minimum absolute atomic E-state index is 0.315. The average Bonchev–Trinajstić information content (AvgIpc) is 2.29. The Morgan fingerprint density at radius 1 is 0.941 bits per heavy atom. The predicted molar refractivity (Wildman–Crippen MR) is 72.8 cm³/mol. The lowest BCUT2D eigenvalue weighted by Crippen LogP contribution is -2.09. The molecule has 0 unspecified atom stereocenters. The smallest absolute Gasteiger partial charge is 0.0702 e. The molecule has 0 aliphatic carbocycles. The molecule has 88 valence electrons. The first-order chi connectivity index (χ1) is 8.04. The molecule has 1 nitrogen and oxygen atoms in total. The van der Waals surface area contributed by atoms with Gasteiger partial charge in [0.05, 0.1) is 5.69 Å². The van der Waals surface area contributed by atoms with Crippen molar-refractivity contribution >= 4 is 0 Å². The summed E-state index contributed by atoms with van der Waals surface area (Å²) in [6.45, 7) is 6.74. The fraction of sp³-hybridized carbons (Fsp3) is 0.312. The van der Waals surface area contributed by atoms with Crippen LogP contribution in [-0.4, -0.2) is 4.98 Å². The maximum Gasteiger partial charge on any atom is 0.0702 e. The van der Waals surface area contributed by atoms with E-state index in [4.69, 9.17) is 0 Å². The van der Waals surface area contributed by atoms with Gasteiger partial charge in [-0.15, -0.1) is 0 Å². The third kappa shape index (κ3) is 3.42. The molecule has 0 aliphatic rings. The highest BCUT2D eigenvalue weighted by Crippen LogP contribution is 2.22. The molecule has 0 saturated carbocycles. The second-order valence-corrected chi connectivity index (χ2v) is 5.66. The first kappa shape index (κ1) is 11.8. The molecule has 0 N–H and O–H groups in total. The van der Waals surface area contributed by atoms with Gasteiger partial charge in [0.2, 0.25) is 0 Å². The third-order valence-electron chi connectivity index (χ3n) is 2.63. The van der Waals surface area contributed by atoms with Gasteiger partial charge in [-0.2, -0.15) is 0 Å². The topological polar surface area (TPSA) is 12.9 Å². The summed E-state index contributed by atoms with van der Waals surface area (Å²) < 4.78 is 0. The van der Waals surface area contributed by atoms with E-state index in [-0.39, 0.29) is 0 Å². The molecule has 2 rings (SSSR count). The molecule has 0 saturated heterocycles. The summed E-state index contributed by atoms with van der Waals surface area (Å²) in [6.07, 6.45) is 3.06. The molecule has 0 radical (unpaired) electrons. The summed E-state index contributed by atoms with van der Waals surface area (Å²) in [6, 6.07) is 14.6. The van der Waals surface area contributed by atoms with Gasteiger partial charge in [0.25, 0.3) is 0 Å². The quantitative estimate of drug-likeness (QED) is 0.741. The molecule has 0 aliphatic heterocycles. The van der Waals surface area contributed by atoms with Crippen molar-refractivity contribution in [1.82, 2.24) is 4.98 Å². The molecule has 2 aromatic rings. The van der Waals surface area contributed by atoms with Crippen molar-refractivity contribution in [2.24, 2.45) is 5.41 Å². The van der Waals surface area contributed by atoms with Crippen molar-refractivity contribution in [3.05, 3.63) is 54.2 Å². The summed E-state index contributed by atoms with van der Waals surface area (Å²) in [4.78, 5) is 4.53. The SMILES string of the molecule is CC(C)(C)Cc1ccc(-c2ccccc2)nc1. The third-order valence-corrected chi connectivity index (χ3v) is 2.63. The van der Waals surface area contributed by atoms with Crippen LogP contribution < -0.4 is 0 Å². The van der Waals surface area contributed by atoms with E-state index in [1.54, 1.807) is 0 Å². The van der Waals surface area contributed by atoms with E-state index in [0.717, 1.165) is 12.1 Å². The van der Waals surface area contributed by atoms with Gasteiger partial charge in [0, 0.05) is 11.8 Å². The second kappa shape index (κ2) is 4.70. The zero-order chi connectivity index (χ0) is 12.3. The van der Waals surface area contributed by atoms with Crippen LogP contribution in [0.25, 0.3) is 11.3 Å². The van der Waals surface area contributed by atoms with Gasteiger partial charge >= 0.3 is 0 Å². The fourth-order valence-electron chi connectivity index (χ4n) is 1.92. The Hall–Kier alpha value is -1.63. The van der Waals surface area contributed by atoms with Crippen LogP contribution in [0.3, 0.4) is 0 Å². The van der Waals surface area contributed by atoms with Crippen LogP contribution in [0.1, 0.15) is 26.3 Å². The van der Waals surface area contributed by atoms with Crippen molar-refractivity contribution in [2.75, 3.05) is 0 Å². The fourth-order valence-corrected chi connectivity index (χ4v) is 1.92. The molecule has 0 fully saturated rings. The maximum atomic E-state index is 4.53. The largest absolute Gasteiger partial charge is 0.256 e. The average molecular weight is 225 g/mol. The molecule has 0 amide bonds. The Morgan fingerprint density at radius 2 is 1.65 bits per heavy atom. The van der Waals surface area contributed by atoms with Crippen LogP contribution >= 0.6 is 0 Å². The monoisotopic (exact) mass is 225 g/mol. The highest BCUT2D eigenvalue weighted by atomic mass is 14.7. The van der Waals surface area contributed by atoms with Crippen molar-refractivity contribution in [3.63, 3.8) is 0 Å². The van der Waals surface area contributed by atoms with Crippen LogP contribution in [0.5, 0.6) is 0 Å². The van der Waals surface area contributed by atoms with Crippen LogP contribution in [0.4, 0.5) is 0 Å². The highest BCUT2D eigenvalue weighted by molar-refractivity contribution is 5.58. The van der Waals surface area contributed by atoms with Gasteiger partial charge in [0.1, 0.15) is 0 Å². The number of hydrogen-bond donors (Lipinski definition) is 0. The molecular formula is C16H19N. The Balaban J connectivity index is 2.19. The van der Waals surface area contributed by atoms with Crippen molar-refractivity contribution in [1.29, 1.82) is 0 Å². The van der Waals surface area contributed by atoms with E-state index in [9.17, 15) is 0 Å². The predicted octanol–water partition coefficient (Wildman–Crippen LogP) is 4.34. The van der Waals surface area contributed by atoms with Crippen LogP contribution in [-0.2, 0) is 6.42 Å². The molecular weight excluding hydrogens is 206 g/mol. The van der Waals surface area contributed by atoms with Gasteiger partial charge in [-0.25, -0.2) is 0 Å². The van der Waals surface area contributed by atoms with Gasteiger partial charge in [-0.1, -0.05) is 57.2 Å². The number of benzene rings is 1. The first-order valence-electron chi connectivity index (χ1n) is 6.05. The van der Waals surface area contributed by atoms with E-state index < -0.39 is 0 Å². The lowest BCUT2D eigenvalue weighted by molar-refractivity contribution is 0.411. The molecule has 17 heavy (non-hydrogen) atoms. The molecule has 0 atom stereocenters. The molecule has 1 heterocycles. The summed E-state index contributed by atoms with van der Waals surface area (Å²) >= 11 is 0. The Bertz CT molecular complexity index is 463. The zero-order valence-corrected chi connectivity index (χ0v) is 10.8. The first-order valence-corrected chi connectivity index (χ1v) is 6.05. The van der Waals surface area contributed by atoms with E-state index in [1.165, 1.54) is 11.1 Å². The van der Waals surface area contributed by atoms with Gasteiger partial charge in [0.15, 0.2) is 0 Å². The number of rotatable bonds is 2. The van der Waals surface area contributed by atoms with Crippen LogP contribution in [0.15, 0.2) is 48.7 Å². The maximum absolute atomic E-state index is 4.53. The summed E-state index contributed by atoms with van der Waals surface area (Å²) in [7, 11) is 0. The minimum Gasteiger partial charge on any atom is -0.256 e. The lowest BCUT2D eigenvalue weighted by Gasteiger charge is -2.17. The number of hydrogen-bond acceptors (Lipinski definition) is 1. The van der Waals surface area contributed by atoms with E-state index in [0.29, 0.717) is 5.41 Å². The zero-order valence-electron chi connectivity index (χ0n) is 10.8. The van der Waals surface area contributed by atoms with Gasteiger partial charge < -0.3 is 0 Å². The number of aromatic nitrogens is 1. The van der Waals surface area contributed by atoms with Crippen molar-refractivity contribution < 1.29 is 0 Å². The van der Waals surface area contributed by atoms with Crippen LogP contribution in [0, 0.1) is 5.41 Å². The summed E-state index contributed by atoms with van der Waals surface area (Å²) in [5.41, 5.74) is 3.84. The van der Waals surface area contributed by atoms with Crippen molar-refractivity contribution in [2.45, 2.75) is 27.2 Å². The van der Waals surface area contributed by atoms with Crippen LogP contribution in [0.2, 0.25) is 0 Å². The van der Waals surface area contributed by atoms with Gasteiger partial charge in [-0.05, 0) is 23.5 Å². The molecule has 1 aromatic carbocycles. The summed E-state index contributed by atoms with van der Waals surface area (Å²) in [5, 5.41) is 0. The Morgan fingerprint density at radius 3 is 2.18 bits per heavy atom. The molecule has 1 aromatic heterocycles. The number of pyridine rings is 1. The summed E-state index contributed by atoms with van der Waals surface area (Å²) in [5.74, 6) is 0. The Labute approximate surface area is 104 Å². The lowest BCUT2D eigenvalue weighted by atomic mass is 9.89. The molecule has 1 heteroatoms. The standard InChI is InChI=1S/C16H19N/c1-16(2,3)11-13-9-10-15(17-12-13)14-7-5-4-6-8-14/h4-10,12H,11H2,1-3H3. The second-order valence-electron chi connectivity index (χ2n) is 5.66. The minimum atomic E-state index is 0.315. The van der Waals surface area contributed by atoms with E-state index >= 15 is 0 Å². The molecule has 0 bridgehead atoms. The van der Waals surface area contributed by atoms with E-state index in [2.05, 4.69) is 50.0 Å². The highest BCUT2D eigenvalue weighted by Gasteiger charge is 2.11. The van der Waals surface area contributed by atoms with Crippen molar-refractivity contribution in [3.8, 4) is 11.3 Å². The normalized spacial score (nSPS) is 11.5. The molecule has 0 spiro atoms. The Kier molecular flexibility index (Phi) is 3.28. The van der Waals surface area contributed by atoms with E-state index in [1.807, 2.05) is 24.4 Å².